The number of rotatable bonds is 5. The molecular formula is C17H24N4O2S. The fourth-order valence-electron chi connectivity index (χ4n) is 3.28. The molecule has 1 saturated heterocycles. The van der Waals surface area contributed by atoms with Gasteiger partial charge in [0.1, 0.15) is 0 Å². The smallest absolute Gasteiger partial charge is 0.211 e. The zero-order valence-corrected chi connectivity index (χ0v) is 15.0. The first-order valence-electron chi connectivity index (χ1n) is 8.39. The molecular weight excluding hydrogens is 324 g/mol. The molecule has 0 unspecified atom stereocenters. The number of aryl methyl sites for hydroxylation is 1. The van der Waals surface area contributed by atoms with Crippen molar-refractivity contribution in [1.29, 1.82) is 0 Å². The average Bonchev–Trinajstić information content (AvgIpc) is 3.04. The van der Waals surface area contributed by atoms with Crippen LogP contribution in [0, 0.1) is 5.92 Å². The molecule has 0 radical (unpaired) electrons. The van der Waals surface area contributed by atoms with Crippen LogP contribution in [0.1, 0.15) is 25.3 Å². The Morgan fingerprint density at radius 3 is 2.54 bits per heavy atom. The van der Waals surface area contributed by atoms with Crippen LogP contribution in [0.15, 0.2) is 30.6 Å². The number of aromatic nitrogens is 3. The molecule has 3 rings (SSSR count). The molecule has 1 fully saturated rings. The molecule has 0 amide bonds. The van der Waals surface area contributed by atoms with E-state index in [9.17, 15) is 8.42 Å². The predicted molar refractivity (Wildman–Crippen MR) is 94.0 cm³/mol. The van der Waals surface area contributed by atoms with Gasteiger partial charge in [0.15, 0.2) is 0 Å². The van der Waals surface area contributed by atoms with E-state index in [0.29, 0.717) is 19.0 Å². The van der Waals surface area contributed by atoms with Crippen LogP contribution < -0.4 is 0 Å². The monoisotopic (exact) mass is 348 g/mol. The first-order valence-corrected chi connectivity index (χ1v) is 10.2. The van der Waals surface area contributed by atoms with E-state index in [1.807, 2.05) is 23.0 Å². The van der Waals surface area contributed by atoms with E-state index in [4.69, 9.17) is 0 Å². The highest BCUT2D eigenvalue weighted by Gasteiger charge is 2.24. The van der Waals surface area contributed by atoms with Crippen LogP contribution >= 0.6 is 0 Å². The molecule has 0 bridgehead atoms. The Hall–Kier alpha value is -1.73. The van der Waals surface area contributed by atoms with E-state index in [1.54, 1.807) is 10.5 Å². The summed E-state index contributed by atoms with van der Waals surface area (Å²) in [5.41, 5.74) is 3.18. The van der Waals surface area contributed by atoms with E-state index in [-0.39, 0.29) is 0 Å². The van der Waals surface area contributed by atoms with Crippen molar-refractivity contribution in [3.8, 4) is 11.4 Å². The van der Waals surface area contributed by atoms with Gasteiger partial charge in [0.05, 0.1) is 17.6 Å². The SMILES string of the molecule is CCn1nccc1-c1ccc(CC2CCN(S(C)(=O)=O)CC2)cn1. The summed E-state index contributed by atoms with van der Waals surface area (Å²) < 4.78 is 26.6. The fraction of sp³-hybridized carbons (Fsp3) is 0.529. The van der Waals surface area contributed by atoms with E-state index in [2.05, 4.69) is 23.1 Å². The maximum Gasteiger partial charge on any atom is 0.211 e. The normalized spacial score (nSPS) is 17.2. The fourth-order valence-corrected chi connectivity index (χ4v) is 4.15. The Balaban J connectivity index is 1.61. The van der Waals surface area contributed by atoms with Crippen LogP contribution in [0.3, 0.4) is 0 Å². The van der Waals surface area contributed by atoms with Gasteiger partial charge in [0.25, 0.3) is 0 Å². The molecule has 7 heteroatoms. The van der Waals surface area contributed by atoms with Gasteiger partial charge in [-0.25, -0.2) is 12.7 Å². The van der Waals surface area contributed by atoms with Crippen molar-refractivity contribution in [2.45, 2.75) is 32.7 Å². The van der Waals surface area contributed by atoms with Gasteiger partial charge in [0, 0.05) is 32.0 Å². The summed E-state index contributed by atoms with van der Waals surface area (Å²) in [6.07, 6.45) is 7.80. The van der Waals surface area contributed by atoms with Crippen LogP contribution in [0.4, 0.5) is 0 Å². The molecule has 0 aliphatic carbocycles. The molecule has 0 atom stereocenters. The average molecular weight is 348 g/mol. The Morgan fingerprint density at radius 2 is 1.96 bits per heavy atom. The Morgan fingerprint density at radius 1 is 1.21 bits per heavy atom. The van der Waals surface area contributed by atoms with Gasteiger partial charge in [-0.05, 0) is 49.8 Å². The zero-order chi connectivity index (χ0) is 17.2. The second-order valence-electron chi connectivity index (χ2n) is 6.39. The molecule has 6 nitrogen and oxygen atoms in total. The minimum atomic E-state index is -3.05. The molecule has 0 spiro atoms. The lowest BCUT2D eigenvalue weighted by molar-refractivity contribution is 0.274. The highest BCUT2D eigenvalue weighted by molar-refractivity contribution is 7.88. The van der Waals surface area contributed by atoms with Crippen LogP contribution in [0.5, 0.6) is 0 Å². The maximum atomic E-state index is 11.6. The summed E-state index contributed by atoms with van der Waals surface area (Å²) in [5.74, 6) is 0.525. The molecule has 2 aromatic rings. The van der Waals surface area contributed by atoms with E-state index < -0.39 is 10.0 Å². The van der Waals surface area contributed by atoms with Crippen molar-refractivity contribution in [2.24, 2.45) is 5.92 Å². The van der Waals surface area contributed by atoms with Crippen LogP contribution in [0.2, 0.25) is 0 Å². The third-order valence-electron chi connectivity index (χ3n) is 4.67. The number of piperidine rings is 1. The highest BCUT2D eigenvalue weighted by Crippen LogP contribution is 2.24. The topological polar surface area (TPSA) is 68.1 Å². The minimum absolute atomic E-state index is 0.525. The largest absolute Gasteiger partial charge is 0.264 e. The predicted octanol–water partition coefficient (Wildman–Crippen LogP) is 2.18. The minimum Gasteiger partial charge on any atom is -0.264 e. The first-order chi connectivity index (χ1) is 11.5. The van der Waals surface area contributed by atoms with Crippen molar-refractivity contribution in [3.05, 3.63) is 36.2 Å². The van der Waals surface area contributed by atoms with Crippen molar-refractivity contribution in [3.63, 3.8) is 0 Å². The van der Waals surface area contributed by atoms with Crippen molar-refractivity contribution < 1.29 is 8.42 Å². The molecule has 130 valence electrons. The molecule has 24 heavy (non-hydrogen) atoms. The summed E-state index contributed by atoms with van der Waals surface area (Å²) in [6, 6.07) is 6.15. The van der Waals surface area contributed by atoms with Crippen molar-refractivity contribution in [2.75, 3.05) is 19.3 Å². The quantitative estimate of drug-likeness (QED) is 0.830. The molecule has 0 aromatic carbocycles. The van der Waals surface area contributed by atoms with Crippen LogP contribution in [-0.2, 0) is 23.0 Å². The van der Waals surface area contributed by atoms with Crippen molar-refractivity contribution >= 4 is 10.0 Å². The van der Waals surface area contributed by atoms with Crippen molar-refractivity contribution in [1.82, 2.24) is 19.1 Å². The Kier molecular flexibility index (Phi) is 5.01. The van der Waals surface area contributed by atoms with Gasteiger partial charge < -0.3 is 0 Å². The first kappa shape index (κ1) is 17.1. The number of pyridine rings is 1. The van der Waals surface area contributed by atoms with E-state index in [1.165, 1.54) is 11.8 Å². The summed E-state index contributed by atoms with van der Waals surface area (Å²) >= 11 is 0. The lowest BCUT2D eigenvalue weighted by Gasteiger charge is -2.30. The molecule has 2 aromatic heterocycles. The van der Waals surface area contributed by atoms with Gasteiger partial charge in [0.2, 0.25) is 10.0 Å². The highest BCUT2D eigenvalue weighted by atomic mass is 32.2. The lowest BCUT2D eigenvalue weighted by Crippen LogP contribution is -2.38. The van der Waals surface area contributed by atoms with Gasteiger partial charge in [-0.15, -0.1) is 0 Å². The molecule has 1 aliphatic heterocycles. The lowest BCUT2D eigenvalue weighted by atomic mass is 9.91. The van der Waals surface area contributed by atoms with Crippen LogP contribution in [-0.4, -0.2) is 46.8 Å². The second kappa shape index (κ2) is 7.03. The maximum absolute atomic E-state index is 11.6. The number of sulfonamides is 1. The van der Waals surface area contributed by atoms with Gasteiger partial charge in [-0.1, -0.05) is 6.07 Å². The number of hydrogen-bond donors (Lipinski definition) is 0. The third-order valence-corrected chi connectivity index (χ3v) is 5.97. The van der Waals surface area contributed by atoms with E-state index >= 15 is 0 Å². The second-order valence-corrected chi connectivity index (χ2v) is 8.38. The van der Waals surface area contributed by atoms with Gasteiger partial charge in [-0.2, -0.15) is 5.10 Å². The van der Waals surface area contributed by atoms with E-state index in [0.717, 1.165) is 37.2 Å². The summed E-state index contributed by atoms with van der Waals surface area (Å²) in [7, 11) is -3.05. The summed E-state index contributed by atoms with van der Waals surface area (Å²) in [6.45, 7) is 4.15. The van der Waals surface area contributed by atoms with Gasteiger partial charge >= 0.3 is 0 Å². The molecule has 1 aliphatic rings. The number of nitrogens with zero attached hydrogens (tertiary/aromatic N) is 4. The van der Waals surface area contributed by atoms with Crippen LogP contribution in [0.25, 0.3) is 11.4 Å². The molecule has 0 N–H and O–H groups in total. The third kappa shape index (κ3) is 3.84. The molecule has 0 saturated carbocycles. The Bertz CT molecular complexity index is 775. The number of hydrogen-bond acceptors (Lipinski definition) is 4. The summed E-state index contributed by atoms with van der Waals surface area (Å²) in [5, 5.41) is 4.28. The summed E-state index contributed by atoms with van der Waals surface area (Å²) in [4.78, 5) is 4.58. The molecule has 3 heterocycles. The van der Waals surface area contributed by atoms with Gasteiger partial charge in [-0.3, -0.25) is 9.67 Å². The Labute approximate surface area is 143 Å². The zero-order valence-electron chi connectivity index (χ0n) is 14.2. The standard InChI is InChI=1S/C17H24N4O2S/c1-3-21-17(6-9-19-21)16-5-4-15(13-18-16)12-14-7-10-20(11-8-14)24(2,22)23/h4-6,9,13-14H,3,7-8,10-12H2,1-2H3.